The third-order valence-corrected chi connectivity index (χ3v) is 8.37. The van der Waals surface area contributed by atoms with Gasteiger partial charge in [-0.05, 0) is 91.1 Å². The third kappa shape index (κ3) is 1.55. The zero-order chi connectivity index (χ0) is 14.9. The molecule has 0 aromatic carbocycles. The lowest BCUT2D eigenvalue weighted by atomic mass is 9.45. The molecule has 5 rings (SSSR count). The lowest BCUT2D eigenvalue weighted by Crippen LogP contribution is -2.50. The van der Waals surface area contributed by atoms with Crippen LogP contribution < -0.4 is 0 Å². The normalized spacial score (nSPS) is 49.4. The Morgan fingerprint density at radius 2 is 2.14 bits per heavy atom. The van der Waals surface area contributed by atoms with Crippen molar-refractivity contribution in [3.05, 3.63) is 23.7 Å². The Morgan fingerprint density at radius 3 is 3.00 bits per heavy atom. The van der Waals surface area contributed by atoms with E-state index in [0.29, 0.717) is 23.4 Å². The van der Waals surface area contributed by atoms with Crippen LogP contribution in [-0.4, -0.2) is 11.7 Å². The van der Waals surface area contributed by atoms with Crippen molar-refractivity contribution in [1.29, 1.82) is 0 Å². The monoisotopic (exact) mass is 300 g/mol. The van der Waals surface area contributed by atoms with Gasteiger partial charge in [-0.2, -0.15) is 0 Å². The lowest BCUT2D eigenvalue weighted by Gasteiger charge is -2.59. The van der Waals surface area contributed by atoms with Gasteiger partial charge in [0.1, 0.15) is 5.76 Å². The number of rotatable bonds is 1. The number of fused-ring (bicyclic) bond motifs is 5. The molecule has 2 nitrogen and oxygen atoms in total. The van der Waals surface area contributed by atoms with Crippen LogP contribution in [0.1, 0.15) is 69.1 Å². The van der Waals surface area contributed by atoms with E-state index in [4.69, 9.17) is 4.42 Å². The minimum absolute atomic E-state index is 0.422. The molecule has 3 saturated carbocycles. The van der Waals surface area contributed by atoms with E-state index in [1.807, 2.05) is 6.26 Å². The van der Waals surface area contributed by atoms with E-state index in [9.17, 15) is 5.11 Å². The highest BCUT2D eigenvalue weighted by Gasteiger charge is 2.62. The molecule has 1 aromatic rings. The Bertz CT molecular complexity index is 590. The minimum Gasteiger partial charge on any atom is -0.469 e. The molecule has 2 bridgehead atoms. The number of aliphatic hydroxyl groups is 1. The van der Waals surface area contributed by atoms with Crippen LogP contribution in [0.25, 0.3) is 0 Å². The summed E-state index contributed by atoms with van der Waals surface area (Å²) in [6.07, 6.45) is 12.5. The zero-order valence-corrected chi connectivity index (χ0v) is 13.7. The van der Waals surface area contributed by atoms with Crippen molar-refractivity contribution in [1.82, 2.24) is 0 Å². The van der Waals surface area contributed by atoms with Crippen molar-refractivity contribution < 1.29 is 9.52 Å². The molecule has 1 N–H and O–H groups in total. The molecule has 4 aliphatic rings. The van der Waals surface area contributed by atoms with Crippen LogP contribution in [0.5, 0.6) is 0 Å². The van der Waals surface area contributed by atoms with Crippen LogP contribution in [-0.2, 0) is 6.42 Å². The van der Waals surface area contributed by atoms with E-state index >= 15 is 0 Å². The lowest BCUT2D eigenvalue weighted by molar-refractivity contribution is -0.0694. The van der Waals surface area contributed by atoms with E-state index in [1.54, 1.807) is 0 Å². The first-order valence-corrected chi connectivity index (χ1v) is 9.33. The fourth-order valence-electron chi connectivity index (χ4n) is 7.50. The topological polar surface area (TPSA) is 33.4 Å². The Labute approximate surface area is 133 Å². The maximum atomic E-state index is 9.79. The number of hydrogen-bond donors (Lipinski definition) is 1. The van der Waals surface area contributed by atoms with Crippen LogP contribution in [0.15, 0.2) is 16.7 Å². The maximum Gasteiger partial charge on any atom is 0.107 e. The predicted octanol–water partition coefficient (Wildman–Crippen LogP) is 4.52. The number of hydrogen-bond acceptors (Lipinski definition) is 2. The summed E-state index contributed by atoms with van der Waals surface area (Å²) in [5.41, 5.74) is 2.55. The highest BCUT2D eigenvalue weighted by atomic mass is 16.3. The molecule has 22 heavy (non-hydrogen) atoms. The second-order valence-corrected chi connectivity index (χ2v) is 9.00. The average molecular weight is 300 g/mol. The Balaban J connectivity index is 1.55. The largest absolute Gasteiger partial charge is 0.469 e. The predicted molar refractivity (Wildman–Crippen MR) is 85.6 cm³/mol. The fourth-order valence-corrected chi connectivity index (χ4v) is 7.50. The average Bonchev–Trinajstić information content (AvgIpc) is 3.09. The number of aliphatic hydroxyl groups excluding tert-OH is 1. The van der Waals surface area contributed by atoms with E-state index in [2.05, 4.69) is 13.0 Å². The van der Waals surface area contributed by atoms with Crippen LogP contribution in [0.3, 0.4) is 0 Å². The Hall–Kier alpha value is -0.760. The first-order chi connectivity index (χ1) is 10.7. The van der Waals surface area contributed by atoms with Gasteiger partial charge in [-0.15, -0.1) is 0 Å². The molecule has 0 amide bonds. The van der Waals surface area contributed by atoms with Gasteiger partial charge in [0.25, 0.3) is 0 Å². The summed E-state index contributed by atoms with van der Waals surface area (Å²) in [6, 6.07) is 2.26. The fraction of sp³-hybridized carbons (Fsp3) is 0.800. The first kappa shape index (κ1) is 13.7. The molecular formula is C20H28O2. The van der Waals surface area contributed by atoms with Crippen molar-refractivity contribution in [2.75, 3.05) is 6.61 Å². The molecule has 1 aromatic heterocycles. The molecule has 2 heteroatoms. The highest BCUT2D eigenvalue weighted by Crippen LogP contribution is 2.71. The third-order valence-electron chi connectivity index (χ3n) is 8.37. The van der Waals surface area contributed by atoms with Gasteiger partial charge in [-0.3, -0.25) is 0 Å². The molecule has 120 valence electrons. The van der Waals surface area contributed by atoms with Gasteiger partial charge in [-0.25, -0.2) is 0 Å². The highest BCUT2D eigenvalue weighted by molar-refractivity contribution is 5.31. The summed E-state index contributed by atoms with van der Waals surface area (Å²) in [6.45, 7) is 3.01. The standard InChI is InChI=1S/C20H28O2/c1-19-7-5-17-15(6-9-22-17)16(19)4-8-20-10-13(2-3-18(19)20)14(11-20)12-21/h6,9,13-14,16,18,21H,2-5,7-8,10-12H2,1H3/t13-,14-,16-,18+,19-,20+/m1/s1. The van der Waals surface area contributed by atoms with Gasteiger partial charge in [0.2, 0.25) is 0 Å². The second-order valence-electron chi connectivity index (χ2n) is 9.00. The summed E-state index contributed by atoms with van der Waals surface area (Å²) in [5.74, 6) is 4.27. The summed E-state index contributed by atoms with van der Waals surface area (Å²) >= 11 is 0. The van der Waals surface area contributed by atoms with E-state index < -0.39 is 0 Å². The van der Waals surface area contributed by atoms with E-state index in [0.717, 1.165) is 24.2 Å². The van der Waals surface area contributed by atoms with Gasteiger partial charge >= 0.3 is 0 Å². The summed E-state index contributed by atoms with van der Waals surface area (Å²) < 4.78 is 5.75. The van der Waals surface area contributed by atoms with Gasteiger partial charge < -0.3 is 9.52 Å². The molecule has 0 saturated heterocycles. The van der Waals surface area contributed by atoms with Crippen molar-refractivity contribution in [3.63, 3.8) is 0 Å². The molecule has 3 fully saturated rings. The van der Waals surface area contributed by atoms with Crippen LogP contribution in [0.2, 0.25) is 0 Å². The van der Waals surface area contributed by atoms with Crippen LogP contribution >= 0.6 is 0 Å². The van der Waals surface area contributed by atoms with E-state index in [1.165, 1.54) is 56.3 Å². The number of furan rings is 1. The molecule has 0 aliphatic heterocycles. The SMILES string of the molecule is C[C@@]12CCc3occc3[C@H]1CC[C@@]13C[C@@H](CC[C@H]12)[C@@H](CO)C3. The van der Waals surface area contributed by atoms with Gasteiger partial charge in [0.05, 0.1) is 6.26 Å². The molecule has 0 unspecified atom stereocenters. The van der Waals surface area contributed by atoms with Crippen molar-refractivity contribution in [3.8, 4) is 0 Å². The van der Waals surface area contributed by atoms with Crippen LogP contribution in [0.4, 0.5) is 0 Å². The molecular weight excluding hydrogens is 272 g/mol. The smallest absolute Gasteiger partial charge is 0.107 e. The summed E-state index contributed by atoms with van der Waals surface area (Å²) in [4.78, 5) is 0. The second kappa shape index (κ2) is 4.41. The van der Waals surface area contributed by atoms with Crippen molar-refractivity contribution in [2.45, 2.75) is 64.2 Å². The Kier molecular flexibility index (Phi) is 2.74. The van der Waals surface area contributed by atoms with Gasteiger partial charge in [0.15, 0.2) is 0 Å². The number of aryl methyl sites for hydroxylation is 1. The van der Waals surface area contributed by atoms with Crippen molar-refractivity contribution >= 4 is 0 Å². The maximum absolute atomic E-state index is 9.79. The van der Waals surface area contributed by atoms with Crippen molar-refractivity contribution in [2.24, 2.45) is 28.6 Å². The molecule has 1 spiro atoms. The summed E-state index contributed by atoms with van der Waals surface area (Å²) in [7, 11) is 0. The van der Waals surface area contributed by atoms with E-state index in [-0.39, 0.29) is 0 Å². The zero-order valence-electron chi connectivity index (χ0n) is 13.7. The first-order valence-electron chi connectivity index (χ1n) is 9.33. The van der Waals surface area contributed by atoms with Gasteiger partial charge in [0, 0.05) is 13.0 Å². The molecule has 0 radical (unpaired) electrons. The van der Waals surface area contributed by atoms with Crippen LogP contribution in [0, 0.1) is 28.6 Å². The molecule has 6 atom stereocenters. The summed E-state index contributed by atoms with van der Waals surface area (Å²) in [5, 5.41) is 9.79. The van der Waals surface area contributed by atoms with Gasteiger partial charge in [-0.1, -0.05) is 6.92 Å². The molecule has 1 heterocycles. The Morgan fingerprint density at radius 1 is 1.23 bits per heavy atom. The molecule has 4 aliphatic carbocycles. The minimum atomic E-state index is 0.422. The quantitative estimate of drug-likeness (QED) is 0.827.